The van der Waals surface area contributed by atoms with E-state index in [9.17, 15) is 5.11 Å². The Morgan fingerprint density at radius 1 is 1.39 bits per heavy atom. The van der Waals surface area contributed by atoms with Gasteiger partial charge >= 0.3 is 0 Å². The van der Waals surface area contributed by atoms with Crippen molar-refractivity contribution >= 4 is 21.6 Å². The number of rotatable bonds is 5. The first-order valence-electron chi connectivity index (χ1n) is 6.32. The zero-order valence-corrected chi connectivity index (χ0v) is 11.9. The van der Waals surface area contributed by atoms with E-state index in [2.05, 4.69) is 28.7 Å². The average molecular weight is 264 g/mol. The van der Waals surface area contributed by atoms with Gasteiger partial charge in [0.05, 0.1) is 16.3 Å². The predicted molar refractivity (Wildman–Crippen MR) is 76.9 cm³/mol. The molecular weight excluding hydrogens is 244 g/mol. The molecule has 2 N–H and O–H groups in total. The molecule has 0 bridgehead atoms. The van der Waals surface area contributed by atoms with E-state index in [0.29, 0.717) is 6.54 Å². The minimum atomic E-state index is -0.300. The van der Waals surface area contributed by atoms with Gasteiger partial charge in [0.1, 0.15) is 0 Å². The molecule has 3 nitrogen and oxygen atoms in total. The summed E-state index contributed by atoms with van der Waals surface area (Å²) in [5.74, 6) is 0.280. The van der Waals surface area contributed by atoms with Crippen molar-refractivity contribution < 1.29 is 5.11 Å². The number of aromatic nitrogens is 1. The Labute approximate surface area is 112 Å². The van der Waals surface area contributed by atoms with Crippen molar-refractivity contribution in [3.05, 3.63) is 29.3 Å². The highest BCUT2D eigenvalue weighted by atomic mass is 32.1. The van der Waals surface area contributed by atoms with Crippen LogP contribution in [0.3, 0.4) is 0 Å². The molecule has 2 rings (SSSR count). The summed E-state index contributed by atoms with van der Waals surface area (Å²) in [6.45, 7) is 6.76. The standard InChI is InChI=1S/C14H20N2OS/c1-9(2)13(17)8-15-10(3)11-6-14-12(16-7-11)4-5-18-14/h4-7,9-10,13,15,17H,8H2,1-3H3. The number of hydrogen-bond donors (Lipinski definition) is 2. The summed E-state index contributed by atoms with van der Waals surface area (Å²) in [7, 11) is 0. The van der Waals surface area contributed by atoms with Crippen molar-refractivity contribution in [3.63, 3.8) is 0 Å². The van der Waals surface area contributed by atoms with Crippen LogP contribution in [0.15, 0.2) is 23.7 Å². The lowest BCUT2D eigenvalue weighted by Crippen LogP contribution is -2.32. The van der Waals surface area contributed by atoms with Crippen molar-refractivity contribution in [3.8, 4) is 0 Å². The number of aliphatic hydroxyl groups excluding tert-OH is 1. The topological polar surface area (TPSA) is 45.1 Å². The molecule has 18 heavy (non-hydrogen) atoms. The fourth-order valence-electron chi connectivity index (χ4n) is 1.75. The minimum Gasteiger partial charge on any atom is -0.392 e. The van der Waals surface area contributed by atoms with Crippen LogP contribution in [0.4, 0.5) is 0 Å². The van der Waals surface area contributed by atoms with E-state index in [0.717, 1.165) is 5.52 Å². The smallest absolute Gasteiger partial charge is 0.0809 e. The lowest BCUT2D eigenvalue weighted by Gasteiger charge is -2.19. The first-order valence-corrected chi connectivity index (χ1v) is 7.20. The summed E-state index contributed by atoms with van der Waals surface area (Å²) >= 11 is 1.71. The summed E-state index contributed by atoms with van der Waals surface area (Å²) < 4.78 is 1.21. The molecule has 0 radical (unpaired) electrons. The third-order valence-electron chi connectivity index (χ3n) is 3.23. The average Bonchev–Trinajstić information content (AvgIpc) is 2.82. The number of aliphatic hydroxyl groups is 1. The number of fused-ring (bicyclic) bond motifs is 1. The van der Waals surface area contributed by atoms with Gasteiger partial charge < -0.3 is 10.4 Å². The third kappa shape index (κ3) is 3.07. The van der Waals surface area contributed by atoms with Crippen LogP contribution in [-0.4, -0.2) is 22.7 Å². The van der Waals surface area contributed by atoms with Crippen LogP contribution in [0.5, 0.6) is 0 Å². The van der Waals surface area contributed by atoms with E-state index in [1.807, 2.05) is 26.1 Å². The maximum Gasteiger partial charge on any atom is 0.0809 e. The van der Waals surface area contributed by atoms with Gasteiger partial charge in [0, 0.05) is 18.8 Å². The van der Waals surface area contributed by atoms with Crippen molar-refractivity contribution in [2.24, 2.45) is 5.92 Å². The summed E-state index contributed by atoms with van der Waals surface area (Å²) in [6.07, 6.45) is 1.61. The molecule has 0 aromatic carbocycles. The number of thiophene rings is 1. The molecule has 0 saturated heterocycles. The van der Waals surface area contributed by atoms with Gasteiger partial charge in [-0.15, -0.1) is 11.3 Å². The van der Waals surface area contributed by atoms with E-state index in [1.165, 1.54) is 10.3 Å². The summed E-state index contributed by atoms with van der Waals surface area (Å²) in [6, 6.07) is 4.41. The fourth-order valence-corrected chi connectivity index (χ4v) is 2.54. The largest absolute Gasteiger partial charge is 0.392 e. The Hall–Kier alpha value is -0.970. The van der Waals surface area contributed by atoms with Crippen LogP contribution in [0, 0.1) is 5.92 Å². The predicted octanol–water partition coefficient (Wildman–Crippen LogP) is 2.96. The van der Waals surface area contributed by atoms with E-state index in [1.54, 1.807) is 11.3 Å². The fraction of sp³-hybridized carbons (Fsp3) is 0.500. The molecule has 2 heterocycles. The number of nitrogens with zero attached hydrogens (tertiary/aromatic N) is 1. The molecule has 2 aromatic rings. The Balaban J connectivity index is 2.01. The van der Waals surface area contributed by atoms with Crippen LogP contribution in [0.25, 0.3) is 10.2 Å². The number of pyridine rings is 1. The van der Waals surface area contributed by atoms with Gasteiger partial charge in [0.15, 0.2) is 0 Å². The van der Waals surface area contributed by atoms with E-state index < -0.39 is 0 Å². The highest BCUT2D eigenvalue weighted by Gasteiger charge is 2.12. The molecule has 98 valence electrons. The first-order chi connectivity index (χ1) is 8.58. The van der Waals surface area contributed by atoms with E-state index in [-0.39, 0.29) is 18.1 Å². The monoisotopic (exact) mass is 264 g/mol. The zero-order chi connectivity index (χ0) is 13.1. The molecule has 0 aliphatic carbocycles. The highest BCUT2D eigenvalue weighted by molar-refractivity contribution is 7.17. The highest BCUT2D eigenvalue weighted by Crippen LogP contribution is 2.22. The van der Waals surface area contributed by atoms with Gasteiger partial charge in [-0.3, -0.25) is 4.98 Å². The van der Waals surface area contributed by atoms with E-state index >= 15 is 0 Å². The van der Waals surface area contributed by atoms with Gasteiger partial charge in [0.25, 0.3) is 0 Å². The van der Waals surface area contributed by atoms with Gasteiger partial charge in [-0.1, -0.05) is 13.8 Å². The Morgan fingerprint density at radius 3 is 2.89 bits per heavy atom. The second-order valence-corrected chi connectivity index (χ2v) is 5.96. The van der Waals surface area contributed by atoms with E-state index in [4.69, 9.17) is 0 Å². The van der Waals surface area contributed by atoms with Crippen LogP contribution in [0.2, 0.25) is 0 Å². The molecule has 0 fully saturated rings. The lowest BCUT2D eigenvalue weighted by atomic mass is 10.1. The zero-order valence-electron chi connectivity index (χ0n) is 11.1. The molecule has 2 aromatic heterocycles. The minimum absolute atomic E-state index is 0.206. The van der Waals surface area contributed by atoms with Crippen molar-refractivity contribution in [2.75, 3.05) is 6.54 Å². The maximum atomic E-state index is 9.78. The van der Waals surface area contributed by atoms with Crippen LogP contribution in [-0.2, 0) is 0 Å². The van der Waals surface area contributed by atoms with Crippen LogP contribution >= 0.6 is 11.3 Å². The molecule has 2 atom stereocenters. The Bertz CT molecular complexity index is 509. The molecule has 0 aliphatic rings. The molecular formula is C14H20N2OS. The van der Waals surface area contributed by atoms with Gasteiger partial charge in [-0.05, 0) is 35.9 Å². The normalized spacial score (nSPS) is 15.2. The second kappa shape index (κ2) is 5.78. The molecule has 0 saturated carbocycles. The van der Waals surface area contributed by atoms with Gasteiger partial charge in [-0.2, -0.15) is 0 Å². The number of nitrogens with one attached hydrogen (secondary N) is 1. The van der Waals surface area contributed by atoms with Crippen molar-refractivity contribution in [2.45, 2.75) is 32.9 Å². The number of hydrogen-bond acceptors (Lipinski definition) is 4. The molecule has 0 amide bonds. The molecule has 0 spiro atoms. The van der Waals surface area contributed by atoms with Crippen LogP contribution < -0.4 is 5.32 Å². The Morgan fingerprint density at radius 2 is 2.17 bits per heavy atom. The molecule has 4 heteroatoms. The Kier molecular flexibility index (Phi) is 4.32. The maximum absolute atomic E-state index is 9.78. The third-order valence-corrected chi connectivity index (χ3v) is 4.08. The summed E-state index contributed by atoms with van der Waals surface area (Å²) in [5.41, 5.74) is 2.22. The first kappa shape index (κ1) is 13.5. The lowest BCUT2D eigenvalue weighted by molar-refractivity contribution is 0.120. The summed E-state index contributed by atoms with van der Waals surface area (Å²) in [5, 5.41) is 15.2. The van der Waals surface area contributed by atoms with Crippen molar-refractivity contribution in [1.29, 1.82) is 0 Å². The molecule has 2 unspecified atom stereocenters. The quantitative estimate of drug-likeness (QED) is 0.872. The second-order valence-electron chi connectivity index (χ2n) is 5.01. The SMILES string of the molecule is CC(NCC(O)C(C)C)c1cnc2ccsc2c1. The van der Waals surface area contributed by atoms with Gasteiger partial charge in [-0.25, -0.2) is 0 Å². The van der Waals surface area contributed by atoms with Crippen LogP contribution in [0.1, 0.15) is 32.4 Å². The molecule has 0 aliphatic heterocycles. The van der Waals surface area contributed by atoms with Gasteiger partial charge in [0.2, 0.25) is 0 Å². The summed E-state index contributed by atoms with van der Waals surface area (Å²) in [4.78, 5) is 4.43. The van der Waals surface area contributed by atoms with Crippen molar-refractivity contribution in [1.82, 2.24) is 10.3 Å².